The van der Waals surface area contributed by atoms with E-state index in [4.69, 9.17) is 15.7 Å². The van der Waals surface area contributed by atoms with Gasteiger partial charge < -0.3 is 14.9 Å². The lowest BCUT2D eigenvalue weighted by Gasteiger charge is -2.14. The maximum absolute atomic E-state index is 10.1. The summed E-state index contributed by atoms with van der Waals surface area (Å²) in [4.78, 5) is 10.4. The minimum Gasteiger partial charge on any atom is -0.397 e. The number of hydrogen-bond acceptors (Lipinski definition) is 2. The average molecular weight is 912 g/mol. The van der Waals surface area contributed by atoms with Crippen LogP contribution >= 0.6 is 0 Å². The molecule has 3 heterocycles. The Morgan fingerprint density at radius 2 is 0.901 bits per heavy atom. The first kappa shape index (κ1) is 41.6. The van der Waals surface area contributed by atoms with Crippen molar-refractivity contribution in [1.29, 1.82) is 5.41 Å². The Hall–Kier alpha value is -9.59. The second-order valence-corrected chi connectivity index (χ2v) is 17.9. The minimum absolute atomic E-state index is 0.0585. The fourth-order valence-corrected chi connectivity index (χ4v) is 10.7. The molecule has 0 aliphatic rings. The molecule has 0 fully saturated rings. The molecule has 0 atom stereocenters. The SMILES string of the molecule is N=C(/N=C(\N=C\Cc1ccccc1-c1ccc2c3ccccc3n(-c3ccccc3)c2c1N)c1ccc(-c2ccccc2)cc1)n1c2ccccc2c2ccc3c4ccccc4n(-c4ccccc4)c3c21. The molecule has 7 nitrogen and oxygen atoms in total. The number of fused-ring (bicyclic) bond motifs is 10. The third-order valence-corrected chi connectivity index (χ3v) is 13.9. The van der Waals surface area contributed by atoms with E-state index in [2.05, 4.69) is 209 Å². The van der Waals surface area contributed by atoms with Crippen LogP contribution in [0.2, 0.25) is 0 Å². The lowest BCUT2D eigenvalue weighted by Crippen LogP contribution is -2.12. The van der Waals surface area contributed by atoms with E-state index in [9.17, 15) is 5.41 Å². The average Bonchev–Trinajstić information content (AvgIpc) is 4.09. The highest BCUT2D eigenvalue weighted by molar-refractivity contribution is 6.26. The maximum Gasteiger partial charge on any atom is 0.229 e. The van der Waals surface area contributed by atoms with Gasteiger partial charge in [-0.2, -0.15) is 4.99 Å². The van der Waals surface area contributed by atoms with Gasteiger partial charge in [0.2, 0.25) is 5.96 Å². The van der Waals surface area contributed by atoms with Crippen LogP contribution in [-0.4, -0.2) is 31.7 Å². The van der Waals surface area contributed by atoms with Crippen LogP contribution in [-0.2, 0) is 6.42 Å². The van der Waals surface area contributed by atoms with Crippen molar-refractivity contribution in [2.75, 3.05) is 5.73 Å². The summed E-state index contributed by atoms with van der Waals surface area (Å²) < 4.78 is 6.60. The van der Waals surface area contributed by atoms with Crippen molar-refractivity contribution in [1.82, 2.24) is 13.7 Å². The van der Waals surface area contributed by atoms with Gasteiger partial charge in [-0.1, -0.05) is 194 Å². The first-order chi connectivity index (χ1) is 35.1. The van der Waals surface area contributed by atoms with Gasteiger partial charge in [-0.25, -0.2) is 4.99 Å². The van der Waals surface area contributed by atoms with E-state index in [1.165, 1.54) is 0 Å². The summed E-state index contributed by atoms with van der Waals surface area (Å²) in [5.74, 6) is 0.491. The van der Waals surface area contributed by atoms with Crippen LogP contribution in [0.3, 0.4) is 0 Å². The molecule has 0 amide bonds. The lowest BCUT2D eigenvalue weighted by molar-refractivity contribution is 1.15. The zero-order valence-corrected chi connectivity index (χ0v) is 38.6. The van der Waals surface area contributed by atoms with E-state index in [0.717, 1.165) is 110 Å². The third-order valence-electron chi connectivity index (χ3n) is 13.9. The summed E-state index contributed by atoms with van der Waals surface area (Å²) in [6.07, 6.45) is 2.42. The fourth-order valence-electron chi connectivity index (χ4n) is 10.7. The summed E-state index contributed by atoms with van der Waals surface area (Å²) >= 11 is 0. The lowest BCUT2D eigenvalue weighted by atomic mass is 9.95. The normalized spacial score (nSPS) is 12.1. The predicted molar refractivity (Wildman–Crippen MR) is 298 cm³/mol. The van der Waals surface area contributed by atoms with E-state index in [0.29, 0.717) is 17.9 Å². The molecule has 13 rings (SSSR count). The molecule has 0 saturated carbocycles. The number of aliphatic imine (C=N–C) groups is 2. The number of benzene rings is 10. The van der Waals surface area contributed by atoms with Crippen LogP contribution in [0, 0.1) is 5.41 Å². The molecule has 3 aromatic heterocycles. The number of amidine groups is 1. The Morgan fingerprint density at radius 1 is 0.423 bits per heavy atom. The highest BCUT2D eigenvalue weighted by Crippen LogP contribution is 2.42. The summed E-state index contributed by atoms with van der Waals surface area (Å²) in [6, 6.07) is 82.1. The highest BCUT2D eigenvalue weighted by atomic mass is 15.2. The van der Waals surface area contributed by atoms with Crippen LogP contribution in [0.1, 0.15) is 11.1 Å². The van der Waals surface area contributed by atoms with Crippen LogP contribution in [0.15, 0.2) is 247 Å². The van der Waals surface area contributed by atoms with Crippen LogP contribution in [0.5, 0.6) is 0 Å². The number of nitrogens with zero attached hydrogens (tertiary/aromatic N) is 5. The number of rotatable bonds is 7. The summed E-state index contributed by atoms with van der Waals surface area (Å²) in [7, 11) is 0. The molecule has 0 spiro atoms. The Morgan fingerprint density at radius 3 is 1.55 bits per heavy atom. The molecule has 0 unspecified atom stereocenters. The largest absolute Gasteiger partial charge is 0.397 e. The van der Waals surface area contributed by atoms with Gasteiger partial charge in [-0.15, -0.1) is 0 Å². The number of nitrogens with two attached hydrogens (primary N) is 1. The van der Waals surface area contributed by atoms with E-state index in [1.54, 1.807) is 0 Å². The predicted octanol–water partition coefficient (Wildman–Crippen LogP) is 15.4. The molecule has 0 aliphatic carbocycles. The molecule has 7 heteroatoms. The first-order valence-electron chi connectivity index (χ1n) is 23.9. The second-order valence-electron chi connectivity index (χ2n) is 17.9. The molecular formula is C64H45N7. The number of nitrogen functional groups attached to an aromatic ring is 1. The van der Waals surface area contributed by atoms with Gasteiger partial charge in [0, 0.05) is 67.5 Å². The number of hydrogen-bond donors (Lipinski definition) is 2. The fraction of sp³-hybridized carbons (Fsp3) is 0.0156. The van der Waals surface area contributed by atoms with E-state index < -0.39 is 0 Å². The van der Waals surface area contributed by atoms with Gasteiger partial charge in [-0.05, 0) is 64.7 Å². The van der Waals surface area contributed by atoms with Gasteiger partial charge in [0.05, 0.1) is 38.8 Å². The summed E-state index contributed by atoms with van der Waals surface area (Å²) in [5, 5.41) is 16.7. The smallest absolute Gasteiger partial charge is 0.229 e. The summed E-state index contributed by atoms with van der Waals surface area (Å²) in [6.45, 7) is 0. The standard InChI is InChI=1S/C64H45N7/c65-59-52(36-37-53-49-26-12-15-29-56(49)69(60(53)59)46-21-6-2-7-22-46)48-25-11-10-20-44(48)40-41-67-63(45-34-32-43(33-35-45)42-18-4-1-5-19-42)68-64(66)71-58-31-17-14-28-51(58)55-39-38-54-50-27-13-16-30-57(50)70(61(54)62(55)71)47-23-8-3-9-24-47/h1-39,41,66H,40,65H2/b66-64?,67-41+,68-63-. The van der Waals surface area contributed by atoms with Gasteiger partial charge in [-0.3, -0.25) is 9.98 Å². The van der Waals surface area contributed by atoms with Crippen LogP contribution in [0.4, 0.5) is 5.69 Å². The van der Waals surface area contributed by atoms with Gasteiger partial charge >= 0.3 is 0 Å². The van der Waals surface area contributed by atoms with Crippen molar-refractivity contribution >= 4 is 89.1 Å². The van der Waals surface area contributed by atoms with Gasteiger partial charge in [0.1, 0.15) is 0 Å². The zero-order valence-electron chi connectivity index (χ0n) is 38.6. The van der Waals surface area contributed by atoms with E-state index in [1.807, 2.05) is 47.2 Å². The second kappa shape index (κ2) is 17.2. The minimum atomic E-state index is 0.0585. The molecule has 336 valence electrons. The Bertz CT molecular complexity index is 4250. The van der Waals surface area contributed by atoms with E-state index in [-0.39, 0.29) is 5.96 Å². The van der Waals surface area contributed by atoms with Gasteiger partial charge in [0.15, 0.2) is 5.84 Å². The van der Waals surface area contributed by atoms with Crippen molar-refractivity contribution in [3.63, 3.8) is 0 Å². The highest BCUT2D eigenvalue weighted by Gasteiger charge is 2.23. The molecule has 0 aliphatic heterocycles. The molecule has 10 aromatic carbocycles. The number of anilines is 1. The van der Waals surface area contributed by atoms with Crippen molar-refractivity contribution in [3.05, 3.63) is 248 Å². The molecule has 0 radical (unpaired) electrons. The Balaban J connectivity index is 0.957. The first-order valence-corrected chi connectivity index (χ1v) is 23.9. The monoisotopic (exact) mass is 911 g/mol. The number of aromatic nitrogens is 3. The Labute approximate surface area is 409 Å². The van der Waals surface area contributed by atoms with Crippen molar-refractivity contribution in [2.24, 2.45) is 9.98 Å². The topological polar surface area (TPSA) is 89.4 Å². The van der Waals surface area contributed by atoms with E-state index >= 15 is 0 Å². The molecule has 0 saturated heterocycles. The maximum atomic E-state index is 10.1. The van der Waals surface area contributed by atoms with Crippen molar-refractivity contribution < 1.29 is 0 Å². The number of para-hydroxylation sites is 5. The molecule has 71 heavy (non-hydrogen) atoms. The molecule has 3 N–H and O–H groups in total. The van der Waals surface area contributed by atoms with Crippen molar-refractivity contribution in [2.45, 2.75) is 6.42 Å². The molecule has 0 bridgehead atoms. The molecule has 13 aromatic rings. The van der Waals surface area contributed by atoms with Crippen LogP contribution in [0.25, 0.3) is 99.0 Å². The van der Waals surface area contributed by atoms with Crippen molar-refractivity contribution in [3.8, 4) is 33.6 Å². The van der Waals surface area contributed by atoms with Gasteiger partial charge in [0.25, 0.3) is 0 Å². The van der Waals surface area contributed by atoms with Crippen LogP contribution < -0.4 is 5.73 Å². The molecular weight excluding hydrogens is 867 g/mol. The quantitative estimate of drug-likeness (QED) is 0.0931. The summed E-state index contributed by atoms with van der Waals surface area (Å²) in [5.41, 5.74) is 22.2. The number of nitrogens with one attached hydrogen (secondary N) is 1. The zero-order chi connectivity index (χ0) is 47.4. The Kier molecular flexibility index (Phi) is 10.1. The third kappa shape index (κ3) is 6.93.